The summed E-state index contributed by atoms with van der Waals surface area (Å²) in [7, 11) is 0. The van der Waals surface area contributed by atoms with E-state index in [0.29, 0.717) is 38.7 Å². The molecule has 6 nitrogen and oxygen atoms in total. The van der Waals surface area contributed by atoms with Crippen molar-refractivity contribution in [2.45, 2.75) is 6.61 Å². The molecule has 0 radical (unpaired) electrons. The van der Waals surface area contributed by atoms with Crippen LogP contribution in [0.1, 0.15) is 31.8 Å². The molecule has 0 heterocycles. The van der Waals surface area contributed by atoms with Gasteiger partial charge in [-0.2, -0.15) is 5.10 Å². The van der Waals surface area contributed by atoms with E-state index in [4.69, 9.17) is 21.1 Å². The Balaban J connectivity index is 1.26. The number of halogens is 2. The predicted octanol–water partition coefficient (Wildman–Crippen LogP) is 6.66. The molecular weight excluding hydrogens is 544 g/mol. The Kier molecular flexibility index (Phi) is 8.49. The molecule has 0 saturated carbocycles. The molecule has 180 valence electrons. The van der Waals surface area contributed by atoms with Crippen molar-refractivity contribution in [3.8, 4) is 11.5 Å². The summed E-state index contributed by atoms with van der Waals surface area (Å²) >= 11 is 9.22. The van der Waals surface area contributed by atoms with Gasteiger partial charge in [-0.25, -0.2) is 10.2 Å². The molecule has 8 heteroatoms. The van der Waals surface area contributed by atoms with Gasteiger partial charge in [0.15, 0.2) is 0 Å². The highest BCUT2D eigenvalue weighted by Gasteiger charge is 2.11. The van der Waals surface area contributed by atoms with Crippen molar-refractivity contribution in [3.05, 3.63) is 129 Å². The molecule has 0 unspecified atom stereocenters. The van der Waals surface area contributed by atoms with E-state index >= 15 is 0 Å². The summed E-state index contributed by atoms with van der Waals surface area (Å²) in [6, 6.07) is 28.0. The number of rotatable bonds is 8. The first-order chi connectivity index (χ1) is 17.5. The van der Waals surface area contributed by atoms with Gasteiger partial charge in [0.2, 0.25) is 0 Å². The van der Waals surface area contributed by atoms with Crippen LogP contribution in [-0.2, 0) is 6.61 Å². The van der Waals surface area contributed by atoms with Gasteiger partial charge >= 0.3 is 5.97 Å². The van der Waals surface area contributed by atoms with Crippen molar-refractivity contribution in [1.82, 2.24) is 5.43 Å². The molecule has 0 aliphatic carbocycles. The van der Waals surface area contributed by atoms with Gasteiger partial charge in [0.05, 0.1) is 11.8 Å². The molecule has 36 heavy (non-hydrogen) atoms. The van der Waals surface area contributed by atoms with Gasteiger partial charge in [0.25, 0.3) is 5.91 Å². The standard InChI is InChI=1S/C28H20BrClN2O4/c29-26-4-2-1-3-25(26)28(34)36-24-13-7-19(8-14-24)17-31-32-27(33)21-9-15-23(16-10-21)35-18-20-5-11-22(30)12-6-20/h1-17H,18H2,(H,32,33). The molecule has 0 atom stereocenters. The van der Waals surface area contributed by atoms with Crippen molar-refractivity contribution < 1.29 is 19.1 Å². The molecule has 4 aromatic carbocycles. The summed E-state index contributed by atoms with van der Waals surface area (Å²) in [5.74, 6) is 0.229. The number of carbonyl (C=O) groups is 2. The Morgan fingerprint density at radius 2 is 1.53 bits per heavy atom. The topological polar surface area (TPSA) is 77.0 Å². The van der Waals surface area contributed by atoms with Crippen LogP contribution in [0.5, 0.6) is 11.5 Å². The summed E-state index contributed by atoms with van der Waals surface area (Å²) in [5, 5.41) is 4.67. The lowest BCUT2D eigenvalue weighted by Crippen LogP contribution is -2.17. The minimum Gasteiger partial charge on any atom is -0.489 e. The third-order valence-electron chi connectivity index (χ3n) is 5.00. The number of benzene rings is 4. The number of esters is 1. The first-order valence-electron chi connectivity index (χ1n) is 10.9. The van der Waals surface area contributed by atoms with Crippen LogP contribution in [0.15, 0.2) is 107 Å². The van der Waals surface area contributed by atoms with Crippen LogP contribution in [0, 0.1) is 0 Å². The molecule has 1 amide bonds. The van der Waals surface area contributed by atoms with Gasteiger partial charge in [0, 0.05) is 15.1 Å². The van der Waals surface area contributed by atoms with E-state index in [1.54, 1.807) is 66.7 Å². The molecule has 0 aliphatic rings. The summed E-state index contributed by atoms with van der Waals surface area (Å²) in [4.78, 5) is 24.7. The molecule has 0 spiro atoms. The summed E-state index contributed by atoms with van der Waals surface area (Å²) in [6.45, 7) is 0.398. The van der Waals surface area contributed by atoms with Gasteiger partial charge < -0.3 is 9.47 Å². The van der Waals surface area contributed by atoms with Crippen LogP contribution in [0.25, 0.3) is 0 Å². The van der Waals surface area contributed by atoms with Gasteiger partial charge in [-0.3, -0.25) is 4.79 Å². The number of amides is 1. The maximum absolute atomic E-state index is 12.4. The van der Waals surface area contributed by atoms with Gasteiger partial charge in [-0.1, -0.05) is 35.9 Å². The fraction of sp³-hybridized carbons (Fsp3) is 0.0357. The highest BCUT2D eigenvalue weighted by atomic mass is 79.9. The van der Waals surface area contributed by atoms with E-state index in [-0.39, 0.29) is 5.91 Å². The van der Waals surface area contributed by atoms with E-state index in [9.17, 15) is 9.59 Å². The highest BCUT2D eigenvalue weighted by molar-refractivity contribution is 9.10. The summed E-state index contributed by atoms with van der Waals surface area (Å²) in [6.07, 6.45) is 1.50. The first kappa shape index (κ1) is 25.2. The highest BCUT2D eigenvalue weighted by Crippen LogP contribution is 2.20. The molecule has 0 bridgehead atoms. The lowest BCUT2D eigenvalue weighted by atomic mass is 10.2. The number of hydrazone groups is 1. The van der Waals surface area contributed by atoms with Crippen molar-refractivity contribution in [2.75, 3.05) is 0 Å². The lowest BCUT2D eigenvalue weighted by Gasteiger charge is -2.07. The predicted molar refractivity (Wildman–Crippen MR) is 143 cm³/mol. The molecule has 0 saturated heterocycles. The minimum atomic E-state index is -0.461. The number of nitrogens with one attached hydrogen (secondary N) is 1. The zero-order valence-corrected chi connectivity index (χ0v) is 21.2. The number of ether oxygens (including phenoxy) is 2. The third-order valence-corrected chi connectivity index (χ3v) is 5.94. The number of carbonyl (C=O) groups excluding carboxylic acids is 2. The number of hydrogen-bond donors (Lipinski definition) is 1. The van der Waals surface area contributed by atoms with Crippen LogP contribution in [0.2, 0.25) is 5.02 Å². The van der Waals surface area contributed by atoms with Crippen LogP contribution < -0.4 is 14.9 Å². The Bertz CT molecular complexity index is 1370. The van der Waals surface area contributed by atoms with Crippen molar-refractivity contribution in [2.24, 2.45) is 5.10 Å². The average Bonchev–Trinajstić information content (AvgIpc) is 2.90. The van der Waals surface area contributed by atoms with Crippen LogP contribution in [-0.4, -0.2) is 18.1 Å². The van der Waals surface area contributed by atoms with E-state index in [1.807, 2.05) is 30.3 Å². The van der Waals surface area contributed by atoms with E-state index in [0.717, 1.165) is 11.1 Å². The normalized spacial score (nSPS) is 10.7. The van der Waals surface area contributed by atoms with Gasteiger partial charge in [-0.15, -0.1) is 0 Å². The van der Waals surface area contributed by atoms with Crippen molar-refractivity contribution in [1.29, 1.82) is 0 Å². The Labute approximate surface area is 221 Å². The second kappa shape index (κ2) is 12.2. The lowest BCUT2D eigenvalue weighted by molar-refractivity contribution is 0.0733. The first-order valence-corrected chi connectivity index (χ1v) is 12.0. The maximum atomic E-state index is 12.4. The maximum Gasteiger partial charge on any atom is 0.344 e. The zero-order chi connectivity index (χ0) is 25.3. The van der Waals surface area contributed by atoms with E-state index in [2.05, 4.69) is 26.5 Å². The Hall–Kier alpha value is -3.94. The minimum absolute atomic E-state index is 0.352. The second-order valence-corrected chi connectivity index (χ2v) is 8.87. The molecule has 4 rings (SSSR count). The number of nitrogens with zero attached hydrogens (tertiary/aromatic N) is 1. The van der Waals surface area contributed by atoms with Crippen molar-refractivity contribution in [3.63, 3.8) is 0 Å². The summed E-state index contributed by atoms with van der Waals surface area (Å²) < 4.78 is 11.8. The smallest absolute Gasteiger partial charge is 0.344 e. The zero-order valence-electron chi connectivity index (χ0n) is 18.9. The summed E-state index contributed by atoms with van der Waals surface area (Å²) in [5.41, 5.74) is 5.09. The van der Waals surface area contributed by atoms with Gasteiger partial charge in [-0.05, 0) is 99.9 Å². The van der Waals surface area contributed by atoms with Crippen LogP contribution >= 0.6 is 27.5 Å². The molecule has 0 fully saturated rings. The Morgan fingerprint density at radius 1 is 0.861 bits per heavy atom. The third kappa shape index (κ3) is 7.04. The molecule has 1 N–H and O–H groups in total. The quantitative estimate of drug-likeness (QED) is 0.112. The fourth-order valence-corrected chi connectivity index (χ4v) is 3.66. The molecule has 0 aliphatic heterocycles. The van der Waals surface area contributed by atoms with Gasteiger partial charge in [0.1, 0.15) is 18.1 Å². The molecule has 4 aromatic rings. The molecule has 0 aromatic heterocycles. The fourth-order valence-electron chi connectivity index (χ4n) is 3.09. The monoisotopic (exact) mass is 562 g/mol. The number of hydrogen-bond acceptors (Lipinski definition) is 5. The van der Waals surface area contributed by atoms with E-state index < -0.39 is 5.97 Å². The van der Waals surface area contributed by atoms with Crippen LogP contribution in [0.3, 0.4) is 0 Å². The van der Waals surface area contributed by atoms with Crippen LogP contribution in [0.4, 0.5) is 0 Å². The Morgan fingerprint density at radius 3 is 2.22 bits per heavy atom. The molecular formula is C28H20BrClN2O4. The largest absolute Gasteiger partial charge is 0.489 e. The van der Waals surface area contributed by atoms with Crippen molar-refractivity contribution >= 4 is 45.6 Å². The second-order valence-electron chi connectivity index (χ2n) is 7.58. The van der Waals surface area contributed by atoms with E-state index in [1.165, 1.54) is 6.21 Å². The average molecular weight is 564 g/mol. The SMILES string of the molecule is O=C(NN=Cc1ccc(OC(=O)c2ccccc2Br)cc1)c1ccc(OCc2ccc(Cl)cc2)cc1.